The number of hydrogen-bond donors (Lipinski definition) is 1. The molecule has 0 radical (unpaired) electrons. The van der Waals surface area contributed by atoms with Crippen molar-refractivity contribution in [2.75, 3.05) is 0 Å². The van der Waals surface area contributed by atoms with E-state index in [1.807, 2.05) is 0 Å². The molecule has 2 fully saturated rings. The van der Waals surface area contributed by atoms with Crippen molar-refractivity contribution in [2.24, 2.45) is 16.7 Å². The largest absolute Gasteiger partial charge is 0.480 e. The van der Waals surface area contributed by atoms with E-state index in [2.05, 4.69) is 0 Å². The van der Waals surface area contributed by atoms with E-state index in [0.717, 1.165) is 0 Å². The zero-order valence-corrected chi connectivity index (χ0v) is 9.39. The number of Topliss-reactive ketones (excluding diaryl/α,β-unsaturated/α-hetero) is 2. The van der Waals surface area contributed by atoms with Crippen molar-refractivity contribution in [3.05, 3.63) is 0 Å². The highest BCUT2D eigenvalue weighted by Crippen LogP contribution is 2.62. The van der Waals surface area contributed by atoms with Gasteiger partial charge >= 0.3 is 5.97 Å². The minimum absolute atomic E-state index is 0. The Morgan fingerprint density at radius 1 is 1.40 bits per heavy atom. The minimum atomic E-state index is -1.44. The fraction of sp³-hybridized carbons (Fsp3) is 0.700. The molecule has 0 heterocycles. The lowest BCUT2D eigenvalue weighted by Crippen LogP contribution is -2.44. The molecule has 5 heteroatoms. The normalized spacial score (nSPS) is 36.5. The maximum absolute atomic E-state index is 11.6. The molecular weight excluding hydrogens is 220 g/mol. The molecule has 2 aliphatic rings. The topological polar surface area (TPSA) is 71.4 Å². The molecule has 84 valence electrons. The Morgan fingerprint density at radius 3 is 2.20 bits per heavy atom. The summed E-state index contributed by atoms with van der Waals surface area (Å²) in [5, 5.41) is 9.14. The van der Waals surface area contributed by atoms with E-state index >= 15 is 0 Å². The highest BCUT2D eigenvalue weighted by molar-refractivity contribution is 6.47. The summed E-state index contributed by atoms with van der Waals surface area (Å²) in [5.41, 5.74) is -2.15. The zero-order valence-electron chi connectivity index (χ0n) is 8.57. The van der Waals surface area contributed by atoms with E-state index < -0.39 is 28.4 Å². The van der Waals surface area contributed by atoms with E-state index in [4.69, 9.17) is 5.11 Å². The van der Waals surface area contributed by atoms with Crippen molar-refractivity contribution >= 4 is 29.9 Å². The van der Waals surface area contributed by atoms with Gasteiger partial charge < -0.3 is 5.11 Å². The van der Waals surface area contributed by atoms with Crippen LogP contribution in [0.3, 0.4) is 0 Å². The molecule has 2 bridgehead atoms. The first kappa shape index (κ1) is 12.2. The second-order valence-corrected chi connectivity index (χ2v) is 4.72. The van der Waals surface area contributed by atoms with Crippen LogP contribution in [0.4, 0.5) is 0 Å². The maximum atomic E-state index is 11.6. The summed E-state index contributed by atoms with van der Waals surface area (Å²) in [4.78, 5) is 34.3. The molecule has 0 amide bonds. The van der Waals surface area contributed by atoms with E-state index in [0.29, 0.717) is 12.8 Å². The quantitative estimate of drug-likeness (QED) is 0.542. The lowest BCUT2D eigenvalue weighted by atomic mass is 9.69. The number of rotatable bonds is 1. The van der Waals surface area contributed by atoms with Crippen LogP contribution >= 0.6 is 12.4 Å². The lowest BCUT2D eigenvalue weighted by molar-refractivity contribution is -0.160. The number of carboxylic acid groups (broad SMARTS) is 1. The molecule has 1 N–H and O–H groups in total. The predicted molar refractivity (Wildman–Crippen MR) is 53.8 cm³/mol. The number of fused-ring (bicyclic) bond motifs is 2. The fourth-order valence-corrected chi connectivity index (χ4v) is 3.05. The van der Waals surface area contributed by atoms with Crippen molar-refractivity contribution in [3.8, 4) is 0 Å². The summed E-state index contributed by atoms with van der Waals surface area (Å²) in [5.74, 6) is -2.69. The number of aliphatic carboxylic acids is 1. The van der Waals surface area contributed by atoms with Crippen LogP contribution in [0.2, 0.25) is 0 Å². The summed E-state index contributed by atoms with van der Waals surface area (Å²) >= 11 is 0. The van der Waals surface area contributed by atoms with Crippen LogP contribution in [-0.2, 0) is 14.4 Å². The third-order valence-electron chi connectivity index (χ3n) is 4.07. The molecule has 15 heavy (non-hydrogen) atoms. The number of hydrogen-bond acceptors (Lipinski definition) is 3. The van der Waals surface area contributed by atoms with Crippen molar-refractivity contribution < 1.29 is 19.5 Å². The first-order chi connectivity index (χ1) is 6.35. The molecule has 0 saturated heterocycles. The fourth-order valence-electron chi connectivity index (χ4n) is 3.05. The smallest absolute Gasteiger partial charge is 0.318 e. The monoisotopic (exact) mass is 232 g/mol. The molecule has 2 unspecified atom stereocenters. The summed E-state index contributed by atoms with van der Waals surface area (Å²) in [7, 11) is 0. The van der Waals surface area contributed by atoms with Crippen LogP contribution in [0, 0.1) is 16.7 Å². The molecule has 2 aliphatic carbocycles. The van der Waals surface area contributed by atoms with Crippen LogP contribution in [0.15, 0.2) is 0 Å². The zero-order chi connectivity index (χ0) is 10.7. The highest BCUT2D eigenvalue weighted by atomic mass is 35.5. The molecule has 0 aromatic rings. The SMILES string of the molecule is CC1(C)C2CCC1(C(=O)O)C(=O)C2=O.Cl. The number of carboxylic acids is 1. The van der Waals surface area contributed by atoms with Gasteiger partial charge in [0.2, 0.25) is 11.6 Å². The van der Waals surface area contributed by atoms with Gasteiger partial charge in [-0.2, -0.15) is 0 Å². The molecule has 0 spiro atoms. The van der Waals surface area contributed by atoms with Gasteiger partial charge in [-0.1, -0.05) is 13.8 Å². The number of carbonyl (C=O) groups is 3. The lowest BCUT2D eigenvalue weighted by Gasteiger charge is -2.30. The summed E-state index contributed by atoms with van der Waals surface area (Å²) in [6.07, 6.45) is 0.842. The van der Waals surface area contributed by atoms with E-state index in [1.54, 1.807) is 13.8 Å². The van der Waals surface area contributed by atoms with Crippen molar-refractivity contribution in [1.82, 2.24) is 0 Å². The average Bonchev–Trinajstić information content (AvgIpc) is 2.41. The van der Waals surface area contributed by atoms with Crippen LogP contribution in [0.5, 0.6) is 0 Å². The molecule has 0 aromatic carbocycles. The van der Waals surface area contributed by atoms with E-state index in [-0.39, 0.29) is 18.3 Å². The third-order valence-corrected chi connectivity index (χ3v) is 4.07. The highest BCUT2D eigenvalue weighted by Gasteiger charge is 2.72. The van der Waals surface area contributed by atoms with Gasteiger partial charge in [-0.25, -0.2) is 0 Å². The van der Waals surface area contributed by atoms with E-state index in [9.17, 15) is 14.4 Å². The summed E-state index contributed by atoms with van der Waals surface area (Å²) < 4.78 is 0. The van der Waals surface area contributed by atoms with Gasteiger partial charge in [-0.05, 0) is 18.3 Å². The van der Waals surface area contributed by atoms with Crippen LogP contribution < -0.4 is 0 Å². The average molecular weight is 233 g/mol. The van der Waals surface area contributed by atoms with Gasteiger partial charge in [0.05, 0.1) is 0 Å². The molecule has 0 aromatic heterocycles. The molecule has 2 rings (SSSR count). The van der Waals surface area contributed by atoms with E-state index in [1.165, 1.54) is 0 Å². The maximum Gasteiger partial charge on any atom is 0.318 e. The Labute approximate surface area is 93.4 Å². The number of halogens is 1. The van der Waals surface area contributed by atoms with Gasteiger partial charge in [0.25, 0.3) is 0 Å². The Morgan fingerprint density at radius 2 is 1.93 bits per heavy atom. The molecule has 0 aliphatic heterocycles. The first-order valence-electron chi connectivity index (χ1n) is 4.68. The van der Waals surface area contributed by atoms with Crippen LogP contribution in [0.1, 0.15) is 26.7 Å². The van der Waals surface area contributed by atoms with Crippen molar-refractivity contribution in [2.45, 2.75) is 26.7 Å². The minimum Gasteiger partial charge on any atom is -0.480 e. The third kappa shape index (κ3) is 1.00. The van der Waals surface area contributed by atoms with Gasteiger partial charge in [-0.3, -0.25) is 14.4 Å². The second kappa shape index (κ2) is 3.04. The predicted octanol–water partition coefficient (Wildman–Crippen LogP) is 1.07. The van der Waals surface area contributed by atoms with Crippen LogP contribution in [0.25, 0.3) is 0 Å². The van der Waals surface area contributed by atoms with Crippen molar-refractivity contribution in [1.29, 1.82) is 0 Å². The number of carbonyl (C=O) groups excluding carboxylic acids is 2. The Kier molecular flexibility index (Phi) is 2.47. The van der Waals surface area contributed by atoms with Gasteiger partial charge in [0, 0.05) is 5.92 Å². The molecule has 2 atom stereocenters. The standard InChI is InChI=1S/C10H12O4.ClH/c1-9(2)5-3-4-10(9,8(13)14)7(12)6(5)11;/h5H,3-4H2,1-2H3,(H,13,14);1H. The first-order valence-corrected chi connectivity index (χ1v) is 4.68. The van der Waals surface area contributed by atoms with Gasteiger partial charge in [0.1, 0.15) is 5.41 Å². The van der Waals surface area contributed by atoms with Gasteiger partial charge in [0.15, 0.2) is 0 Å². The second-order valence-electron chi connectivity index (χ2n) is 4.72. The Hall–Kier alpha value is -0.900. The molecule has 4 nitrogen and oxygen atoms in total. The van der Waals surface area contributed by atoms with Crippen molar-refractivity contribution in [3.63, 3.8) is 0 Å². The number of ketones is 2. The Bertz CT molecular complexity index is 360. The van der Waals surface area contributed by atoms with Crippen LogP contribution in [-0.4, -0.2) is 22.6 Å². The summed E-state index contributed by atoms with van der Waals surface area (Å²) in [6.45, 7) is 3.42. The Balaban J connectivity index is 0.00000112. The molecule has 2 saturated carbocycles. The summed E-state index contributed by atoms with van der Waals surface area (Å²) in [6, 6.07) is 0. The molecular formula is C10H13ClO4. The van der Waals surface area contributed by atoms with Gasteiger partial charge in [-0.15, -0.1) is 12.4 Å².